The van der Waals surface area contributed by atoms with Crippen molar-refractivity contribution < 1.29 is 4.79 Å². The molecule has 1 aliphatic heterocycles. The van der Waals surface area contributed by atoms with Crippen LogP contribution in [0.4, 0.5) is 5.69 Å². The molecule has 0 bridgehead atoms. The number of carbonyl (C=O) groups excluding carboxylic acids is 1. The van der Waals surface area contributed by atoms with Crippen LogP contribution in [-0.2, 0) is 4.79 Å². The number of nitrogens with one attached hydrogen (secondary N) is 1. The summed E-state index contributed by atoms with van der Waals surface area (Å²) in [6.45, 7) is 5.73. The van der Waals surface area contributed by atoms with E-state index in [1.165, 1.54) is 0 Å². The number of hydrogen-bond acceptors (Lipinski definition) is 3. The van der Waals surface area contributed by atoms with Crippen molar-refractivity contribution in [3.63, 3.8) is 0 Å². The average molecular weight is 266 g/mol. The summed E-state index contributed by atoms with van der Waals surface area (Å²) in [5.74, 6) is 0.851. The van der Waals surface area contributed by atoms with Crippen molar-refractivity contribution in [2.24, 2.45) is 4.99 Å². The lowest BCUT2D eigenvalue weighted by molar-refractivity contribution is -0.116. The van der Waals surface area contributed by atoms with Gasteiger partial charge in [0.1, 0.15) is 0 Å². The minimum atomic E-state index is -0.0670. The number of nitrogens with zero attached hydrogens (tertiary/aromatic N) is 2. The largest absolute Gasteiger partial charge is 0.349 e. The monoisotopic (exact) mass is 265 g/mol. The van der Waals surface area contributed by atoms with E-state index in [4.69, 9.17) is 11.6 Å². The van der Waals surface area contributed by atoms with Crippen molar-refractivity contribution in [2.75, 3.05) is 25.0 Å². The van der Waals surface area contributed by atoms with Crippen LogP contribution in [0.1, 0.15) is 12.5 Å². The number of aryl methyl sites for hydroxylation is 1. The predicted molar refractivity (Wildman–Crippen MR) is 74.4 cm³/mol. The second kappa shape index (κ2) is 5.40. The van der Waals surface area contributed by atoms with Crippen LogP contribution in [0.5, 0.6) is 0 Å². The van der Waals surface area contributed by atoms with Gasteiger partial charge in [-0.15, -0.1) is 0 Å². The third kappa shape index (κ3) is 2.82. The fraction of sp³-hybridized carbons (Fsp3) is 0.385. The topological polar surface area (TPSA) is 44.7 Å². The van der Waals surface area contributed by atoms with Gasteiger partial charge in [-0.2, -0.15) is 0 Å². The Morgan fingerprint density at radius 3 is 2.89 bits per heavy atom. The molecule has 2 rings (SSSR count). The van der Waals surface area contributed by atoms with Crippen LogP contribution in [0.25, 0.3) is 0 Å². The van der Waals surface area contributed by atoms with E-state index < -0.39 is 0 Å². The Morgan fingerprint density at radius 1 is 1.50 bits per heavy atom. The van der Waals surface area contributed by atoms with Gasteiger partial charge in [0.15, 0.2) is 0 Å². The lowest BCUT2D eigenvalue weighted by atomic mass is 10.2. The lowest BCUT2D eigenvalue weighted by Crippen LogP contribution is -2.34. The first-order valence-corrected chi connectivity index (χ1v) is 6.26. The number of amides is 1. The molecule has 0 atom stereocenters. The van der Waals surface area contributed by atoms with E-state index >= 15 is 0 Å². The number of para-hydroxylation sites is 1. The number of halogens is 1. The van der Waals surface area contributed by atoms with E-state index in [9.17, 15) is 4.79 Å². The van der Waals surface area contributed by atoms with Gasteiger partial charge in [-0.1, -0.05) is 23.7 Å². The van der Waals surface area contributed by atoms with Crippen molar-refractivity contribution >= 4 is 29.0 Å². The SMILES string of the molecule is CC1=NCCN1CC(=O)Nc1c(C)cccc1Cl. The summed E-state index contributed by atoms with van der Waals surface area (Å²) < 4.78 is 0. The number of amidine groups is 1. The minimum Gasteiger partial charge on any atom is -0.349 e. The number of carbonyl (C=O) groups is 1. The summed E-state index contributed by atoms with van der Waals surface area (Å²) in [6, 6.07) is 5.56. The summed E-state index contributed by atoms with van der Waals surface area (Å²) in [5.41, 5.74) is 1.65. The van der Waals surface area contributed by atoms with E-state index in [0.717, 1.165) is 24.5 Å². The van der Waals surface area contributed by atoms with Gasteiger partial charge in [0.05, 0.1) is 29.6 Å². The molecule has 1 N–H and O–H groups in total. The quantitative estimate of drug-likeness (QED) is 0.912. The van der Waals surface area contributed by atoms with Crippen molar-refractivity contribution in [2.45, 2.75) is 13.8 Å². The molecule has 0 saturated heterocycles. The van der Waals surface area contributed by atoms with E-state index in [1.807, 2.05) is 30.9 Å². The van der Waals surface area contributed by atoms with Gasteiger partial charge < -0.3 is 10.2 Å². The molecular weight excluding hydrogens is 250 g/mol. The second-order valence-electron chi connectivity index (χ2n) is 4.33. The van der Waals surface area contributed by atoms with Crippen LogP contribution in [0.15, 0.2) is 23.2 Å². The highest BCUT2D eigenvalue weighted by Crippen LogP contribution is 2.25. The molecular formula is C13H16ClN3O. The first kappa shape index (κ1) is 12.9. The predicted octanol–water partition coefficient (Wildman–Crippen LogP) is 2.32. The highest BCUT2D eigenvalue weighted by molar-refractivity contribution is 6.33. The molecule has 18 heavy (non-hydrogen) atoms. The van der Waals surface area contributed by atoms with E-state index in [1.54, 1.807) is 6.07 Å². The molecule has 1 aromatic carbocycles. The van der Waals surface area contributed by atoms with Gasteiger partial charge in [-0.25, -0.2) is 0 Å². The fourth-order valence-corrected chi connectivity index (χ4v) is 2.20. The van der Waals surface area contributed by atoms with Gasteiger partial charge in [-0.3, -0.25) is 9.79 Å². The molecule has 0 fully saturated rings. The zero-order valence-electron chi connectivity index (χ0n) is 10.5. The van der Waals surface area contributed by atoms with Crippen molar-refractivity contribution in [1.82, 2.24) is 4.90 Å². The van der Waals surface area contributed by atoms with Gasteiger partial charge >= 0.3 is 0 Å². The molecule has 0 radical (unpaired) electrons. The van der Waals surface area contributed by atoms with Crippen LogP contribution in [-0.4, -0.2) is 36.3 Å². The number of benzene rings is 1. The first-order chi connectivity index (χ1) is 8.58. The van der Waals surface area contributed by atoms with Crippen LogP contribution in [0, 0.1) is 6.92 Å². The Hall–Kier alpha value is -1.55. The molecule has 4 nitrogen and oxygen atoms in total. The molecule has 5 heteroatoms. The highest BCUT2D eigenvalue weighted by atomic mass is 35.5. The van der Waals surface area contributed by atoms with E-state index in [2.05, 4.69) is 10.3 Å². The maximum Gasteiger partial charge on any atom is 0.243 e. The number of rotatable bonds is 3. The Kier molecular flexibility index (Phi) is 3.87. The Labute approximate surface area is 112 Å². The Morgan fingerprint density at radius 2 is 2.28 bits per heavy atom. The molecule has 1 aromatic rings. The third-order valence-electron chi connectivity index (χ3n) is 2.99. The number of aliphatic imine (C=N–C) groups is 1. The normalized spacial score (nSPS) is 14.6. The summed E-state index contributed by atoms with van der Waals surface area (Å²) in [5, 5.41) is 3.42. The maximum atomic E-state index is 12.0. The second-order valence-corrected chi connectivity index (χ2v) is 4.74. The molecule has 96 valence electrons. The van der Waals surface area contributed by atoms with Crippen LogP contribution < -0.4 is 5.32 Å². The molecule has 0 unspecified atom stereocenters. The molecule has 0 aromatic heterocycles. The zero-order chi connectivity index (χ0) is 13.1. The lowest BCUT2D eigenvalue weighted by Gasteiger charge is -2.18. The Bertz CT molecular complexity index is 479. The third-order valence-corrected chi connectivity index (χ3v) is 3.30. The summed E-state index contributed by atoms with van der Waals surface area (Å²) in [4.78, 5) is 18.2. The average Bonchev–Trinajstić information content (AvgIpc) is 2.70. The van der Waals surface area contributed by atoms with Crippen molar-refractivity contribution in [1.29, 1.82) is 0 Å². The van der Waals surface area contributed by atoms with Gasteiger partial charge in [0.25, 0.3) is 0 Å². The van der Waals surface area contributed by atoms with Gasteiger partial charge in [0, 0.05) is 6.54 Å². The summed E-state index contributed by atoms with van der Waals surface area (Å²) >= 11 is 6.07. The van der Waals surface area contributed by atoms with Crippen molar-refractivity contribution in [3.8, 4) is 0 Å². The first-order valence-electron chi connectivity index (χ1n) is 5.89. The van der Waals surface area contributed by atoms with Gasteiger partial charge in [0.2, 0.25) is 5.91 Å². The molecule has 1 amide bonds. The highest BCUT2D eigenvalue weighted by Gasteiger charge is 2.17. The molecule has 0 spiro atoms. The fourth-order valence-electron chi connectivity index (χ4n) is 1.93. The molecule has 1 aliphatic rings. The van der Waals surface area contributed by atoms with Crippen LogP contribution in [0.2, 0.25) is 5.02 Å². The molecule has 1 heterocycles. The number of anilines is 1. The zero-order valence-corrected chi connectivity index (χ0v) is 11.3. The maximum absolute atomic E-state index is 12.0. The van der Waals surface area contributed by atoms with Crippen LogP contribution >= 0.6 is 11.6 Å². The van der Waals surface area contributed by atoms with E-state index in [-0.39, 0.29) is 5.91 Å². The minimum absolute atomic E-state index is 0.0670. The Balaban J connectivity index is 2.01. The van der Waals surface area contributed by atoms with Crippen LogP contribution in [0.3, 0.4) is 0 Å². The summed E-state index contributed by atoms with van der Waals surface area (Å²) in [6.07, 6.45) is 0. The van der Waals surface area contributed by atoms with Crippen molar-refractivity contribution in [3.05, 3.63) is 28.8 Å². The molecule has 0 aliphatic carbocycles. The van der Waals surface area contributed by atoms with Gasteiger partial charge in [-0.05, 0) is 25.5 Å². The standard InChI is InChI=1S/C13H16ClN3O/c1-9-4-3-5-11(14)13(9)16-12(18)8-17-7-6-15-10(17)2/h3-5H,6-8H2,1-2H3,(H,16,18). The smallest absolute Gasteiger partial charge is 0.243 e. The number of hydrogen-bond donors (Lipinski definition) is 1. The molecule has 0 saturated carbocycles. The van der Waals surface area contributed by atoms with E-state index in [0.29, 0.717) is 17.3 Å². The summed E-state index contributed by atoms with van der Waals surface area (Å²) in [7, 11) is 0.